The first-order chi connectivity index (χ1) is 9.60. The van der Waals surface area contributed by atoms with E-state index in [1.54, 1.807) is 13.0 Å². The zero-order valence-corrected chi connectivity index (χ0v) is 12.0. The fourth-order valence-electron chi connectivity index (χ4n) is 1.84. The van der Waals surface area contributed by atoms with E-state index in [2.05, 4.69) is 6.92 Å². The average Bonchev–Trinajstić information content (AvgIpc) is 2.43. The molecule has 1 aromatic heterocycles. The summed E-state index contributed by atoms with van der Waals surface area (Å²) < 4.78 is 6.37. The largest absolute Gasteiger partial charge is 0.464 e. The van der Waals surface area contributed by atoms with Gasteiger partial charge in [0.05, 0.1) is 6.61 Å². The maximum absolute atomic E-state index is 11.9. The normalized spacial score (nSPS) is 10.1. The van der Waals surface area contributed by atoms with Crippen molar-refractivity contribution in [3.63, 3.8) is 0 Å². The summed E-state index contributed by atoms with van der Waals surface area (Å²) in [7, 11) is 0. The summed E-state index contributed by atoms with van der Waals surface area (Å²) in [6.07, 6.45) is 4.13. The standard InChI is InChI=1S/C15H20N2O3/c1-3-4-5-6-9-20-14(18)11-17-12(2)7-8-13(10-16)15(17)19/h7-8H,3-6,9,11H2,1-2H3. The van der Waals surface area contributed by atoms with E-state index in [9.17, 15) is 9.59 Å². The Balaban J connectivity index is 2.59. The molecule has 0 N–H and O–H groups in total. The SMILES string of the molecule is CCCCCCOC(=O)Cn1c(C)ccc(C#N)c1=O. The zero-order valence-electron chi connectivity index (χ0n) is 12.0. The van der Waals surface area contributed by atoms with Crippen molar-refractivity contribution in [2.45, 2.75) is 46.1 Å². The third-order valence-electron chi connectivity index (χ3n) is 3.06. The van der Waals surface area contributed by atoms with Crippen LogP contribution in [-0.2, 0) is 16.1 Å². The van der Waals surface area contributed by atoms with Gasteiger partial charge in [0.1, 0.15) is 18.2 Å². The number of aryl methyl sites for hydroxylation is 1. The van der Waals surface area contributed by atoms with Crippen molar-refractivity contribution in [1.82, 2.24) is 4.57 Å². The molecule has 1 heterocycles. The number of carbonyl (C=O) groups excluding carboxylic acids is 1. The number of unbranched alkanes of at least 4 members (excludes halogenated alkanes) is 3. The number of carbonyl (C=O) groups is 1. The molecular formula is C15H20N2O3. The number of hydrogen-bond donors (Lipinski definition) is 0. The van der Waals surface area contributed by atoms with Crippen molar-refractivity contribution in [3.05, 3.63) is 33.7 Å². The van der Waals surface area contributed by atoms with Crippen LogP contribution in [0.5, 0.6) is 0 Å². The van der Waals surface area contributed by atoms with E-state index in [1.165, 1.54) is 10.6 Å². The highest BCUT2D eigenvalue weighted by Gasteiger charge is 2.10. The van der Waals surface area contributed by atoms with Crippen LogP contribution >= 0.6 is 0 Å². The topological polar surface area (TPSA) is 72.1 Å². The maximum Gasteiger partial charge on any atom is 0.326 e. The number of nitrogens with zero attached hydrogens (tertiary/aromatic N) is 2. The number of pyridine rings is 1. The Labute approximate surface area is 118 Å². The third kappa shape index (κ3) is 4.54. The van der Waals surface area contributed by atoms with E-state index in [0.717, 1.165) is 25.7 Å². The van der Waals surface area contributed by atoms with Gasteiger partial charge in [0.2, 0.25) is 0 Å². The van der Waals surface area contributed by atoms with Crippen LogP contribution in [0.25, 0.3) is 0 Å². The first-order valence-corrected chi connectivity index (χ1v) is 6.86. The quantitative estimate of drug-likeness (QED) is 0.565. The van der Waals surface area contributed by atoms with Crippen molar-refractivity contribution in [2.75, 3.05) is 6.61 Å². The van der Waals surface area contributed by atoms with Crippen LogP contribution < -0.4 is 5.56 Å². The molecule has 0 atom stereocenters. The molecule has 0 aliphatic heterocycles. The molecule has 0 saturated heterocycles. The average molecular weight is 276 g/mol. The zero-order chi connectivity index (χ0) is 15.0. The van der Waals surface area contributed by atoms with Gasteiger partial charge in [-0.15, -0.1) is 0 Å². The molecule has 0 unspecified atom stereocenters. The lowest BCUT2D eigenvalue weighted by molar-refractivity contribution is -0.144. The predicted octanol–water partition coefficient (Wildman–Crippen LogP) is 2.15. The lowest BCUT2D eigenvalue weighted by atomic mass is 10.2. The molecule has 0 aliphatic rings. The van der Waals surface area contributed by atoms with Gasteiger partial charge in [0.25, 0.3) is 5.56 Å². The molecule has 1 aromatic rings. The fraction of sp³-hybridized carbons (Fsp3) is 0.533. The summed E-state index contributed by atoms with van der Waals surface area (Å²) in [6, 6.07) is 4.93. The van der Waals surface area contributed by atoms with Crippen molar-refractivity contribution in [2.24, 2.45) is 0 Å². The summed E-state index contributed by atoms with van der Waals surface area (Å²) >= 11 is 0. The Morgan fingerprint density at radius 3 is 2.75 bits per heavy atom. The molecule has 5 nitrogen and oxygen atoms in total. The molecule has 5 heteroatoms. The van der Waals surface area contributed by atoms with Crippen molar-refractivity contribution < 1.29 is 9.53 Å². The lowest BCUT2D eigenvalue weighted by Gasteiger charge is -2.10. The molecule has 1 rings (SSSR count). The van der Waals surface area contributed by atoms with Crippen LogP contribution in [0.15, 0.2) is 16.9 Å². The Kier molecular flexibility index (Phi) is 6.51. The Morgan fingerprint density at radius 1 is 1.35 bits per heavy atom. The first kappa shape index (κ1) is 16.0. The minimum Gasteiger partial charge on any atom is -0.464 e. The van der Waals surface area contributed by atoms with Gasteiger partial charge in [0.15, 0.2) is 0 Å². The number of ether oxygens (including phenoxy) is 1. The molecule has 0 amide bonds. The molecule has 0 aromatic carbocycles. The van der Waals surface area contributed by atoms with Crippen LogP contribution in [0.2, 0.25) is 0 Å². The van der Waals surface area contributed by atoms with Crippen LogP contribution in [0.1, 0.15) is 43.9 Å². The monoisotopic (exact) mass is 276 g/mol. The van der Waals surface area contributed by atoms with Gasteiger partial charge in [0, 0.05) is 5.69 Å². The fourth-order valence-corrected chi connectivity index (χ4v) is 1.84. The van der Waals surface area contributed by atoms with Crippen molar-refractivity contribution in [3.8, 4) is 6.07 Å². The first-order valence-electron chi connectivity index (χ1n) is 6.86. The second-order valence-corrected chi connectivity index (χ2v) is 4.67. The van der Waals surface area contributed by atoms with E-state index in [-0.39, 0.29) is 12.1 Å². The molecule has 0 bridgehead atoms. The second kappa shape index (κ2) is 8.16. The van der Waals surface area contributed by atoms with Crippen molar-refractivity contribution >= 4 is 5.97 Å². The summed E-state index contributed by atoms with van der Waals surface area (Å²) in [5.41, 5.74) is 0.221. The summed E-state index contributed by atoms with van der Waals surface area (Å²) in [6.45, 7) is 4.07. The molecule has 0 aliphatic carbocycles. The molecule has 20 heavy (non-hydrogen) atoms. The van der Waals surface area contributed by atoms with Gasteiger partial charge in [-0.05, 0) is 25.5 Å². The van der Waals surface area contributed by atoms with Gasteiger partial charge in [-0.2, -0.15) is 5.26 Å². The Bertz CT molecular complexity index is 555. The van der Waals surface area contributed by atoms with Gasteiger partial charge in [-0.1, -0.05) is 26.2 Å². The van der Waals surface area contributed by atoms with Gasteiger partial charge in [-0.25, -0.2) is 0 Å². The van der Waals surface area contributed by atoms with Crippen LogP contribution in [0.4, 0.5) is 0 Å². The van der Waals surface area contributed by atoms with Crippen LogP contribution in [0, 0.1) is 18.3 Å². The number of aromatic nitrogens is 1. The van der Waals surface area contributed by atoms with E-state index < -0.39 is 11.5 Å². The Morgan fingerprint density at radius 2 is 2.10 bits per heavy atom. The van der Waals surface area contributed by atoms with Crippen LogP contribution in [0.3, 0.4) is 0 Å². The van der Waals surface area contributed by atoms with E-state index in [4.69, 9.17) is 10.00 Å². The molecule has 0 spiro atoms. The van der Waals surface area contributed by atoms with E-state index in [1.807, 2.05) is 6.07 Å². The number of nitriles is 1. The third-order valence-corrected chi connectivity index (χ3v) is 3.06. The Hall–Kier alpha value is -2.09. The highest BCUT2D eigenvalue weighted by atomic mass is 16.5. The van der Waals surface area contributed by atoms with Gasteiger partial charge < -0.3 is 9.30 Å². The lowest BCUT2D eigenvalue weighted by Crippen LogP contribution is -2.28. The minimum atomic E-state index is -0.449. The van der Waals surface area contributed by atoms with Crippen LogP contribution in [-0.4, -0.2) is 17.1 Å². The summed E-state index contributed by atoms with van der Waals surface area (Å²) in [4.78, 5) is 23.6. The van der Waals surface area contributed by atoms with Crippen molar-refractivity contribution in [1.29, 1.82) is 5.26 Å². The highest BCUT2D eigenvalue weighted by molar-refractivity contribution is 5.69. The van der Waals surface area contributed by atoms with E-state index in [0.29, 0.717) is 12.3 Å². The smallest absolute Gasteiger partial charge is 0.326 e. The number of esters is 1. The highest BCUT2D eigenvalue weighted by Crippen LogP contribution is 2.01. The molecule has 0 fully saturated rings. The predicted molar refractivity (Wildman–Crippen MR) is 75.3 cm³/mol. The van der Waals surface area contributed by atoms with Gasteiger partial charge >= 0.3 is 5.97 Å². The molecular weight excluding hydrogens is 256 g/mol. The maximum atomic E-state index is 11.9. The summed E-state index contributed by atoms with van der Waals surface area (Å²) in [5.74, 6) is -0.443. The number of rotatable bonds is 7. The second-order valence-electron chi connectivity index (χ2n) is 4.67. The number of hydrogen-bond acceptors (Lipinski definition) is 4. The summed E-state index contributed by atoms with van der Waals surface area (Å²) in [5, 5.41) is 8.81. The van der Waals surface area contributed by atoms with E-state index >= 15 is 0 Å². The molecule has 0 saturated carbocycles. The van der Waals surface area contributed by atoms with Gasteiger partial charge in [-0.3, -0.25) is 9.59 Å². The molecule has 108 valence electrons. The minimum absolute atomic E-state index is 0.0337. The molecule has 0 radical (unpaired) electrons.